The van der Waals surface area contributed by atoms with Crippen LogP contribution in [-0.4, -0.2) is 20.6 Å². The Kier molecular flexibility index (Phi) is 3.68. The van der Waals surface area contributed by atoms with E-state index in [2.05, 4.69) is 11.9 Å². The molecule has 0 fully saturated rings. The molecule has 1 aromatic heterocycles. The first-order chi connectivity index (χ1) is 6.66. The van der Waals surface area contributed by atoms with Gasteiger partial charge in [0.05, 0.1) is 12.0 Å². The van der Waals surface area contributed by atoms with Gasteiger partial charge in [-0.05, 0) is 12.8 Å². The Morgan fingerprint density at radius 1 is 1.57 bits per heavy atom. The van der Waals surface area contributed by atoms with Crippen LogP contribution in [0.1, 0.15) is 42.4 Å². The maximum Gasteiger partial charge on any atom is 0.354 e. The molecule has 0 spiro atoms. The molecule has 0 atom stereocenters. The zero-order chi connectivity index (χ0) is 10.6. The summed E-state index contributed by atoms with van der Waals surface area (Å²) < 4.78 is 1.56. The van der Waals surface area contributed by atoms with Crippen LogP contribution in [0.25, 0.3) is 0 Å². The molecule has 1 heterocycles. The van der Waals surface area contributed by atoms with Gasteiger partial charge in [0.15, 0.2) is 0 Å². The Hall–Kier alpha value is -1.32. The van der Waals surface area contributed by atoms with Gasteiger partial charge in [-0.3, -0.25) is 0 Å². The number of nitrogens with zero attached hydrogens (tertiary/aromatic N) is 2. The average Bonchev–Trinajstić information content (AvgIpc) is 2.47. The van der Waals surface area contributed by atoms with E-state index in [0.29, 0.717) is 11.4 Å². The topological polar surface area (TPSA) is 55.1 Å². The SMILES string of the molecule is CCCCCc1ncn(C)c1C(=O)O. The third-order valence-corrected chi connectivity index (χ3v) is 2.23. The van der Waals surface area contributed by atoms with Crippen LogP contribution in [0.2, 0.25) is 0 Å². The van der Waals surface area contributed by atoms with Crippen molar-refractivity contribution in [3.63, 3.8) is 0 Å². The minimum atomic E-state index is -0.892. The lowest BCUT2D eigenvalue weighted by atomic mass is 10.1. The number of carboxylic acids is 1. The standard InChI is InChI=1S/C10H16N2O2/c1-3-4-5-6-8-9(10(13)14)12(2)7-11-8/h7H,3-6H2,1-2H3,(H,13,14). The van der Waals surface area contributed by atoms with Crippen molar-refractivity contribution in [2.45, 2.75) is 32.6 Å². The smallest absolute Gasteiger partial charge is 0.354 e. The molecule has 0 aromatic carbocycles. The van der Waals surface area contributed by atoms with Crippen molar-refractivity contribution in [1.82, 2.24) is 9.55 Å². The normalized spacial score (nSPS) is 10.4. The van der Waals surface area contributed by atoms with Crippen LogP contribution in [0.4, 0.5) is 0 Å². The number of carboxylic acid groups (broad SMARTS) is 1. The predicted octanol–water partition coefficient (Wildman–Crippen LogP) is 1.85. The molecule has 0 aliphatic rings. The van der Waals surface area contributed by atoms with E-state index in [1.807, 2.05) is 0 Å². The predicted molar refractivity (Wildman–Crippen MR) is 53.4 cm³/mol. The van der Waals surface area contributed by atoms with Crippen molar-refractivity contribution in [2.75, 3.05) is 0 Å². The van der Waals surface area contributed by atoms with Gasteiger partial charge in [0, 0.05) is 7.05 Å². The minimum Gasteiger partial charge on any atom is -0.477 e. The van der Waals surface area contributed by atoms with Gasteiger partial charge in [-0.2, -0.15) is 0 Å². The molecule has 0 bridgehead atoms. The summed E-state index contributed by atoms with van der Waals surface area (Å²) in [4.78, 5) is 15.0. The van der Waals surface area contributed by atoms with Crippen molar-refractivity contribution in [1.29, 1.82) is 0 Å². The summed E-state index contributed by atoms with van der Waals surface area (Å²) in [5.74, 6) is -0.892. The molecule has 4 nitrogen and oxygen atoms in total. The molecular weight excluding hydrogens is 180 g/mol. The molecule has 0 saturated carbocycles. The Balaban J connectivity index is 2.71. The second-order valence-electron chi connectivity index (χ2n) is 3.41. The van der Waals surface area contributed by atoms with Crippen LogP contribution < -0.4 is 0 Å². The fourth-order valence-electron chi connectivity index (χ4n) is 1.48. The molecule has 1 aromatic rings. The number of unbranched alkanes of at least 4 members (excludes halogenated alkanes) is 2. The maximum absolute atomic E-state index is 10.9. The molecule has 0 aliphatic carbocycles. The van der Waals surface area contributed by atoms with Crippen molar-refractivity contribution in [2.24, 2.45) is 7.05 Å². The van der Waals surface area contributed by atoms with Crippen molar-refractivity contribution in [3.05, 3.63) is 17.7 Å². The van der Waals surface area contributed by atoms with Crippen LogP contribution in [0.15, 0.2) is 6.33 Å². The minimum absolute atomic E-state index is 0.320. The van der Waals surface area contributed by atoms with E-state index in [1.165, 1.54) is 0 Å². The van der Waals surface area contributed by atoms with Crippen LogP contribution in [0.3, 0.4) is 0 Å². The van der Waals surface area contributed by atoms with Gasteiger partial charge in [-0.25, -0.2) is 9.78 Å². The van der Waals surface area contributed by atoms with E-state index in [-0.39, 0.29) is 0 Å². The number of imidazole rings is 1. The van der Waals surface area contributed by atoms with Gasteiger partial charge >= 0.3 is 5.97 Å². The highest BCUT2D eigenvalue weighted by Gasteiger charge is 2.14. The van der Waals surface area contributed by atoms with Gasteiger partial charge in [0.2, 0.25) is 0 Å². The zero-order valence-electron chi connectivity index (χ0n) is 8.66. The molecule has 0 amide bonds. The first-order valence-electron chi connectivity index (χ1n) is 4.90. The number of aryl methyl sites for hydroxylation is 2. The number of aromatic carboxylic acids is 1. The largest absolute Gasteiger partial charge is 0.477 e. The molecule has 14 heavy (non-hydrogen) atoms. The molecule has 0 radical (unpaired) electrons. The molecule has 4 heteroatoms. The summed E-state index contributed by atoms with van der Waals surface area (Å²) in [6.45, 7) is 2.12. The van der Waals surface area contributed by atoms with E-state index in [1.54, 1.807) is 17.9 Å². The zero-order valence-corrected chi connectivity index (χ0v) is 8.66. The van der Waals surface area contributed by atoms with E-state index < -0.39 is 5.97 Å². The summed E-state index contributed by atoms with van der Waals surface area (Å²) >= 11 is 0. The third kappa shape index (κ3) is 2.34. The van der Waals surface area contributed by atoms with E-state index in [0.717, 1.165) is 25.7 Å². The van der Waals surface area contributed by atoms with Crippen LogP contribution >= 0.6 is 0 Å². The Bertz CT molecular complexity index is 318. The van der Waals surface area contributed by atoms with Gasteiger partial charge < -0.3 is 9.67 Å². The van der Waals surface area contributed by atoms with E-state index in [4.69, 9.17) is 5.11 Å². The lowest BCUT2D eigenvalue weighted by Crippen LogP contribution is -2.07. The number of hydrogen-bond acceptors (Lipinski definition) is 2. The summed E-state index contributed by atoms with van der Waals surface area (Å²) in [5, 5.41) is 8.93. The first-order valence-corrected chi connectivity index (χ1v) is 4.90. The van der Waals surface area contributed by atoms with E-state index in [9.17, 15) is 4.79 Å². The summed E-state index contributed by atoms with van der Waals surface area (Å²) in [6.07, 6.45) is 5.58. The molecule has 0 unspecified atom stereocenters. The Morgan fingerprint density at radius 3 is 2.86 bits per heavy atom. The van der Waals surface area contributed by atoms with Gasteiger partial charge in [-0.1, -0.05) is 19.8 Å². The number of hydrogen-bond donors (Lipinski definition) is 1. The second kappa shape index (κ2) is 4.79. The highest BCUT2D eigenvalue weighted by Crippen LogP contribution is 2.10. The molecule has 1 rings (SSSR count). The van der Waals surface area contributed by atoms with Crippen LogP contribution in [0.5, 0.6) is 0 Å². The van der Waals surface area contributed by atoms with Crippen molar-refractivity contribution in [3.8, 4) is 0 Å². The number of rotatable bonds is 5. The maximum atomic E-state index is 10.9. The van der Waals surface area contributed by atoms with E-state index >= 15 is 0 Å². The number of aromatic nitrogens is 2. The summed E-state index contributed by atoms with van der Waals surface area (Å²) in [7, 11) is 1.71. The lowest BCUT2D eigenvalue weighted by Gasteiger charge is -2.00. The first kappa shape index (κ1) is 10.8. The third-order valence-electron chi connectivity index (χ3n) is 2.23. The molecular formula is C10H16N2O2. The fourth-order valence-corrected chi connectivity index (χ4v) is 1.48. The molecule has 78 valence electrons. The van der Waals surface area contributed by atoms with Crippen molar-refractivity contribution < 1.29 is 9.90 Å². The fraction of sp³-hybridized carbons (Fsp3) is 0.600. The molecule has 0 saturated heterocycles. The Morgan fingerprint density at radius 2 is 2.29 bits per heavy atom. The second-order valence-corrected chi connectivity index (χ2v) is 3.41. The van der Waals surface area contributed by atoms with Crippen molar-refractivity contribution >= 4 is 5.97 Å². The van der Waals surface area contributed by atoms with Gasteiger partial charge in [0.25, 0.3) is 0 Å². The highest BCUT2D eigenvalue weighted by atomic mass is 16.4. The quantitative estimate of drug-likeness (QED) is 0.731. The summed E-state index contributed by atoms with van der Waals surface area (Å²) in [5.41, 5.74) is 1.02. The Labute approximate surface area is 83.6 Å². The average molecular weight is 196 g/mol. The number of carbonyl (C=O) groups is 1. The summed E-state index contributed by atoms with van der Waals surface area (Å²) in [6, 6.07) is 0. The lowest BCUT2D eigenvalue weighted by molar-refractivity contribution is 0.0685. The van der Waals surface area contributed by atoms with Crippen LogP contribution in [0, 0.1) is 0 Å². The van der Waals surface area contributed by atoms with Gasteiger partial charge in [-0.15, -0.1) is 0 Å². The molecule has 1 N–H and O–H groups in total. The monoisotopic (exact) mass is 196 g/mol. The molecule has 0 aliphatic heterocycles. The van der Waals surface area contributed by atoms with Crippen LogP contribution in [-0.2, 0) is 13.5 Å². The highest BCUT2D eigenvalue weighted by molar-refractivity contribution is 5.86. The van der Waals surface area contributed by atoms with Gasteiger partial charge in [0.1, 0.15) is 5.69 Å².